The Balaban J connectivity index is 2.29. The Morgan fingerprint density at radius 3 is 2.52 bits per heavy atom. The molecule has 110 valence electrons. The molecule has 0 aromatic heterocycles. The van der Waals surface area contributed by atoms with Gasteiger partial charge in [-0.15, -0.1) is 0 Å². The van der Waals surface area contributed by atoms with Crippen LogP contribution in [0.3, 0.4) is 0 Å². The third-order valence-corrected chi connectivity index (χ3v) is 3.05. The van der Waals surface area contributed by atoms with Gasteiger partial charge in [-0.05, 0) is 31.2 Å². The minimum atomic E-state index is -0.403. The van der Waals surface area contributed by atoms with Crippen LogP contribution in [0.2, 0.25) is 0 Å². The van der Waals surface area contributed by atoms with Crippen LogP contribution in [-0.2, 0) is 0 Å². The number of carbonyl (C=O) groups is 1. The van der Waals surface area contributed by atoms with Crippen LogP contribution in [0.25, 0.3) is 0 Å². The summed E-state index contributed by atoms with van der Waals surface area (Å²) in [6.07, 6.45) is 0. The molecule has 0 atom stereocenters. The molecule has 2 aromatic carbocycles. The number of nitrogens with one attached hydrogen (secondary N) is 1. The minimum absolute atomic E-state index is 0.0643. The number of hydrogen-bond donors (Lipinski definition) is 2. The fourth-order valence-electron chi connectivity index (χ4n) is 1.92. The molecule has 0 aliphatic carbocycles. The quantitative estimate of drug-likeness (QED) is 0.907. The number of amides is 1. The highest BCUT2D eigenvalue weighted by molar-refractivity contribution is 6.07. The van der Waals surface area contributed by atoms with Gasteiger partial charge in [0.1, 0.15) is 17.2 Å². The molecule has 0 unspecified atom stereocenters. The van der Waals surface area contributed by atoms with Crippen LogP contribution >= 0.6 is 0 Å². The normalized spacial score (nSPS) is 10.0. The first-order valence-electron chi connectivity index (χ1n) is 6.38. The van der Waals surface area contributed by atoms with E-state index in [1.54, 1.807) is 37.4 Å². The largest absolute Gasteiger partial charge is 0.507 e. The first-order valence-corrected chi connectivity index (χ1v) is 6.38. The first-order chi connectivity index (χ1) is 10.0. The van der Waals surface area contributed by atoms with Gasteiger partial charge in [0.2, 0.25) is 0 Å². The van der Waals surface area contributed by atoms with E-state index in [1.165, 1.54) is 13.2 Å². The molecule has 2 rings (SSSR count). The van der Waals surface area contributed by atoms with Crippen LogP contribution in [-0.4, -0.2) is 25.2 Å². The summed E-state index contributed by atoms with van der Waals surface area (Å²) >= 11 is 0. The lowest BCUT2D eigenvalue weighted by Gasteiger charge is -2.12. The number of aromatic hydroxyl groups is 1. The van der Waals surface area contributed by atoms with Gasteiger partial charge in [0, 0.05) is 6.07 Å². The van der Waals surface area contributed by atoms with Crippen LogP contribution in [0.5, 0.6) is 17.2 Å². The molecule has 5 heteroatoms. The summed E-state index contributed by atoms with van der Waals surface area (Å²) in [5.74, 6) is 0.642. The monoisotopic (exact) mass is 287 g/mol. The second kappa shape index (κ2) is 6.17. The van der Waals surface area contributed by atoms with Gasteiger partial charge in [-0.1, -0.05) is 11.6 Å². The van der Waals surface area contributed by atoms with Crippen molar-refractivity contribution in [3.8, 4) is 17.2 Å². The number of methoxy groups -OCH3 is 2. The summed E-state index contributed by atoms with van der Waals surface area (Å²) in [5, 5.41) is 12.5. The van der Waals surface area contributed by atoms with Crippen LogP contribution in [0, 0.1) is 6.92 Å². The third-order valence-electron chi connectivity index (χ3n) is 3.05. The molecule has 0 spiro atoms. The van der Waals surface area contributed by atoms with E-state index in [-0.39, 0.29) is 11.3 Å². The maximum absolute atomic E-state index is 12.3. The molecule has 21 heavy (non-hydrogen) atoms. The average molecular weight is 287 g/mol. The molecule has 0 radical (unpaired) electrons. The van der Waals surface area contributed by atoms with Gasteiger partial charge in [-0.3, -0.25) is 4.79 Å². The Labute approximate surface area is 123 Å². The summed E-state index contributed by atoms with van der Waals surface area (Å²) in [6, 6.07) is 9.93. The predicted molar refractivity (Wildman–Crippen MR) is 80.3 cm³/mol. The summed E-state index contributed by atoms with van der Waals surface area (Å²) in [7, 11) is 3.06. The molecule has 0 aliphatic rings. The van der Waals surface area contributed by atoms with Gasteiger partial charge in [-0.25, -0.2) is 0 Å². The SMILES string of the molecule is COc1ccc(NC(=O)c2cc(C)ccc2O)c(OC)c1. The molecule has 1 amide bonds. The molecule has 0 saturated carbocycles. The molecule has 0 fully saturated rings. The van der Waals surface area contributed by atoms with Gasteiger partial charge in [-0.2, -0.15) is 0 Å². The van der Waals surface area contributed by atoms with E-state index in [1.807, 2.05) is 6.92 Å². The zero-order chi connectivity index (χ0) is 15.4. The molecular weight excluding hydrogens is 270 g/mol. The Morgan fingerprint density at radius 2 is 1.86 bits per heavy atom. The van der Waals surface area contributed by atoms with Crippen molar-refractivity contribution in [3.05, 3.63) is 47.5 Å². The highest BCUT2D eigenvalue weighted by Gasteiger charge is 2.14. The van der Waals surface area contributed by atoms with Crippen molar-refractivity contribution in [1.82, 2.24) is 0 Å². The van der Waals surface area contributed by atoms with Gasteiger partial charge < -0.3 is 19.9 Å². The van der Waals surface area contributed by atoms with Crippen molar-refractivity contribution in [3.63, 3.8) is 0 Å². The number of ether oxygens (including phenoxy) is 2. The van der Waals surface area contributed by atoms with Crippen molar-refractivity contribution in [1.29, 1.82) is 0 Å². The molecule has 0 aliphatic heterocycles. The fraction of sp³-hybridized carbons (Fsp3) is 0.188. The maximum atomic E-state index is 12.3. The third kappa shape index (κ3) is 3.25. The number of phenolic OH excluding ortho intramolecular Hbond substituents is 1. The fourth-order valence-corrected chi connectivity index (χ4v) is 1.92. The number of benzene rings is 2. The molecule has 0 bridgehead atoms. The lowest BCUT2D eigenvalue weighted by molar-refractivity contribution is 0.102. The second-order valence-electron chi connectivity index (χ2n) is 4.54. The van der Waals surface area contributed by atoms with Crippen molar-refractivity contribution in [2.45, 2.75) is 6.92 Å². The molecule has 5 nitrogen and oxygen atoms in total. The van der Waals surface area contributed by atoms with Crippen molar-refractivity contribution in [2.75, 3.05) is 19.5 Å². The van der Waals surface area contributed by atoms with Crippen molar-refractivity contribution >= 4 is 11.6 Å². The number of aryl methyl sites for hydroxylation is 1. The minimum Gasteiger partial charge on any atom is -0.507 e. The Bertz CT molecular complexity index is 667. The zero-order valence-corrected chi connectivity index (χ0v) is 12.1. The summed E-state index contributed by atoms with van der Waals surface area (Å²) < 4.78 is 10.3. The number of carbonyl (C=O) groups excluding carboxylic acids is 1. The Kier molecular flexibility index (Phi) is 4.33. The van der Waals surface area contributed by atoms with E-state index in [4.69, 9.17) is 9.47 Å². The Hall–Kier alpha value is -2.69. The molecule has 0 saturated heterocycles. The maximum Gasteiger partial charge on any atom is 0.259 e. The first kappa shape index (κ1) is 14.7. The number of rotatable bonds is 4. The summed E-state index contributed by atoms with van der Waals surface area (Å²) in [5.41, 5.74) is 1.61. The average Bonchev–Trinajstić information content (AvgIpc) is 2.49. The lowest BCUT2D eigenvalue weighted by Crippen LogP contribution is -2.13. The standard InChI is InChI=1S/C16H17NO4/c1-10-4-7-14(18)12(8-10)16(19)17-13-6-5-11(20-2)9-15(13)21-3/h4-9,18H,1-3H3,(H,17,19). The van der Waals surface area contributed by atoms with Crippen molar-refractivity contribution < 1.29 is 19.4 Å². The lowest BCUT2D eigenvalue weighted by atomic mass is 10.1. The van der Waals surface area contributed by atoms with Gasteiger partial charge in [0.05, 0.1) is 25.5 Å². The topological polar surface area (TPSA) is 67.8 Å². The molecule has 2 aromatic rings. The van der Waals surface area contributed by atoms with E-state index < -0.39 is 5.91 Å². The van der Waals surface area contributed by atoms with Gasteiger partial charge >= 0.3 is 0 Å². The van der Waals surface area contributed by atoms with Crippen LogP contribution in [0.15, 0.2) is 36.4 Å². The number of phenols is 1. The van der Waals surface area contributed by atoms with E-state index in [9.17, 15) is 9.90 Å². The molecular formula is C16H17NO4. The van der Waals surface area contributed by atoms with Gasteiger partial charge in [0.25, 0.3) is 5.91 Å². The van der Waals surface area contributed by atoms with Crippen LogP contribution in [0.4, 0.5) is 5.69 Å². The van der Waals surface area contributed by atoms with E-state index in [2.05, 4.69) is 5.32 Å². The van der Waals surface area contributed by atoms with E-state index in [0.29, 0.717) is 17.2 Å². The number of anilines is 1. The van der Waals surface area contributed by atoms with Crippen molar-refractivity contribution in [2.24, 2.45) is 0 Å². The predicted octanol–water partition coefficient (Wildman–Crippen LogP) is 2.97. The Morgan fingerprint density at radius 1 is 1.10 bits per heavy atom. The van der Waals surface area contributed by atoms with Crippen LogP contribution < -0.4 is 14.8 Å². The zero-order valence-electron chi connectivity index (χ0n) is 12.1. The van der Waals surface area contributed by atoms with Gasteiger partial charge in [0.15, 0.2) is 0 Å². The second-order valence-corrected chi connectivity index (χ2v) is 4.54. The smallest absolute Gasteiger partial charge is 0.259 e. The number of hydrogen-bond acceptors (Lipinski definition) is 4. The molecule has 0 heterocycles. The van der Waals surface area contributed by atoms with Crippen LogP contribution in [0.1, 0.15) is 15.9 Å². The van der Waals surface area contributed by atoms with E-state index in [0.717, 1.165) is 5.56 Å². The highest BCUT2D eigenvalue weighted by atomic mass is 16.5. The summed E-state index contributed by atoms with van der Waals surface area (Å²) in [6.45, 7) is 1.85. The van der Waals surface area contributed by atoms with E-state index >= 15 is 0 Å². The highest BCUT2D eigenvalue weighted by Crippen LogP contribution is 2.30. The molecule has 2 N–H and O–H groups in total. The summed E-state index contributed by atoms with van der Waals surface area (Å²) in [4.78, 5) is 12.3.